The van der Waals surface area contributed by atoms with Crippen molar-refractivity contribution in [3.8, 4) is 5.88 Å². The maximum absolute atomic E-state index is 14.2. The zero-order valence-corrected chi connectivity index (χ0v) is 28.3. The number of morpholine rings is 1. The Morgan fingerprint density at radius 2 is 1.94 bits per heavy atom. The third-order valence-corrected chi connectivity index (χ3v) is 12.5. The average Bonchev–Trinajstić information content (AvgIpc) is 3.91. The second kappa shape index (κ2) is 12.2. The number of carbonyl (C=O) groups is 5. The molecule has 1 aromatic heterocycles. The molecule has 14 heteroatoms. The molecule has 2 bridgehead atoms. The van der Waals surface area contributed by atoms with Crippen molar-refractivity contribution in [1.29, 1.82) is 0 Å². The number of likely N-dealkylation sites (tertiary alicyclic amines) is 2. The number of allylic oxidation sites excluding steroid dienone is 1. The molecule has 2 unspecified atom stereocenters. The largest absolute Gasteiger partial charge is 0.472 e. The quantitative estimate of drug-likeness (QED) is 0.257. The molecule has 5 fully saturated rings. The van der Waals surface area contributed by atoms with Gasteiger partial charge in [-0.3, -0.25) is 23.9 Å². The summed E-state index contributed by atoms with van der Waals surface area (Å²) in [5.74, 6) is -3.20. The highest BCUT2D eigenvalue weighted by atomic mass is 32.2. The molecule has 5 aliphatic rings. The van der Waals surface area contributed by atoms with E-state index in [0.29, 0.717) is 31.7 Å². The van der Waals surface area contributed by atoms with Crippen molar-refractivity contribution >= 4 is 50.3 Å². The van der Waals surface area contributed by atoms with Gasteiger partial charge in [0.05, 0.1) is 29.8 Å². The lowest BCUT2D eigenvalue weighted by Crippen LogP contribution is -2.48. The third-order valence-electron chi connectivity index (χ3n) is 10.7. The molecular formula is C35H40N4O9S. The van der Waals surface area contributed by atoms with Crippen LogP contribution in [0.15, 0.2) is 43.1 Å². The van der Waals surface area contributed by atoms with Crippen LogP contribution in [0.3, 0.4) is 0 Å². The number of carbonyl (C=O) groups excluding carboxylic acids is 5. The van der Waals surface area contributed by atoms with E-state index in [0.717, 1.165) is 16.3 Å². The van der Waals surface area contributed by atoms with Gasteiger partial charge in [-0.1, -0.05) is 30.7 Å². The van der Waals surface area contributed by atoms with Gasteiger partial charge in [0.15, 0.2) is 5.78 Å². The number of nitrogens with zero attached hydrogens (tertiary/aromatic N) is 3. The van der Waals surface area contributed by atoms with Crippen molar-refractivity contribution in [3.05, 3.63) is 48.7 Å². The molecule has 0 radical (unpaired) electrons. The maximum Gasteiger partial charge on any atom is 0.329 e. The summed E-state index contributed by atoms with van der Waals surface area (Å²) < 4.78 is 39.0. The second-order valence-corrected chi connectivity index (χ2v) is 16.3. The smallest absolute Gasteiger partial charge is 0.329 e. The summed E-state index contributed by atoms with van der Waals surface area (Å²) in [6, 6.07) is 6.10. The molecule has 2 saturated carbocycles. The molecule has 260 valence electrons. The normalized spacial score (nSPS) is 29.4. The van der Waals surface area contributed by atoms with Crippen molar-refractivity contribution in [2.45, 2.75) is 88.3 Å². The minimum atomic E-state index is -3.84. The monoisotopic (exact) mass is 692 g/mol. The van der Waals surface area contributed by atoms with Crippen LogP contribution in [0.5, 0.6) is 5.88 Å². The number of nitrogens with one attached hydrogen (secondary N) is 1. The molecule has 4 heterocycles. The molecule has 49 heavy (non-hydrogen) atoms. The number of amides is 3. The standard InChI is InChI=1S/C35H40N4O9S/c1-4-22-15-35(22,34(44)37-49(45,46)25-6-7-25)16-29(40)27-13-23(47-31-26-8-5-19(2)11-21(26)9-10-36-31)18-39(27)32(42)20(3)12-30(41)38-17-24-14-28(38)33(43)48-24/h4-5,8-11,20,22-25,27-28H,1,6-7,12-18H2,2-3H3,(H,37,44)/t20-,22+,23?,24-,27?,28+,35+/m0/s1. The zero-order chi connectivity index (χ0) is 34.8. The Morgan fingerprint density at radius 3 is 2.61 bits per heavy atom. The number of ether oxygens (including phenoxy) is 2. The first-order valence-electron chi connectivity index (χ1n) is 16.8. The Kier molecular flexibility index (Phi) is 8.27. The molecule has 1 aromatic carbocycles. The van der Waals surface area contributed by atoms with E-state index in [4.69, 9.17) is 9.47 Å². The van der Waals surface area contributed by atoms with Gasteiger partial charge in [0.2, 0.25) is 33.6 Å². The van der Waals surface area contributed by atoms with Gasteiger partial charge in [-0.05, 0) is 49.6 Å². The summed E-state index contributed by atoms with van der Waals surface area (Å²) in [6.45, 7) is 7.71. The van der Waals surface area contributed by atoms with Gasteiger partial charge in [0.1, 0.15) is 18.2 Å². The number of esters is 1. The summed E-state index contributed by atoms with van der Waals surface area (Å²) in [5.41, 5.74) is -0.217. The minimum absolute atomic E-state index is 0.0403. The van der Waals surface area contributed by atoms with Crippen molar-refractivity contribution in [3.63, 3.8) is 0 Å². The molecule has 1 N–H and O–H groups in total. The molecule has 3 amide bonds. The second-order valence-electron chi connectivity index (χ2n) is 14.3. The number of hydrogen-bond acceptors (Lipinski definition) is 10. The highest BCUT2D eigenvalue weighted by Gasteiger charge is 2.61. The first-order chi connectivity index (χ1) is 23.3. The van der Waals surface area contributed by atoms with Crippen molar-refractivity contribution in [2.24, 2.45) is 17.3 Å². The number of ketones is 1. The van der Waals surface area contributed by atoms with Gasteiger partial charge >= 0.3 is 5.97 Å². The highest BCUT2D eigenvalue weighted by molar-refractivity contribution is 7.90. The Bertz CT molecular complexity index is 1880. The molecule has 2 aromatic rings. The van der Waals surface area contributed by atoms with Gasteiger partial charge in [-0.15, -0.1) is 6.58 Å². The number of benzene rings is 1. The molecular weight excluding hydrogens is 652 g/mol. The number of hydrogen-bond donors (Lipinski definition) is 1. The van der Waals surface area contributed by atoms with Gasteiger partial charge in [-0.25, -0.2) is 18.2 Å². The Balaban J connectivity index is 1.11. The predicted octanol–water partition coefficient (Wildman–Crippen LogP) is 2.20. The lowest BCUT2D eigenvalue weighted by molar-refractivity contribution is -0.157. The molecule has 13 nitrogen and oxygen atoms in total. The minimum Gasteiger partial charge on any atom is -0.472 e. The van der Waals surface area contributed by atoms with Crippen molar-refractivity contribution < 1.29 is 41.9 Å². The number of Topliss-reactive ketones (excluding diaryl/α,β-unsaturated/α-hetero) is 1. The van der Waals surface area contributed by atoms with E-state index in [-0.39, 0.29) is 44.2 Å². The van der Waals surface area contributed by atoms with Crippen LogP contribution in [0.4, 0.5) is 0 Å². The number of sulfonamides is 1. The first kappa shape index (κ1) is 33.2. The molecule has 3 saturated heterocycles. The van der Waals surface area contributed by atoms with Gasteiger partial charge in [0.25, 0.3) is 0 Å². The number of rotatable bonds is 12. The third kappa shape index (κ3) is 6.19. The molecule has 7 atom stereocenters. The Morgan fingerprint density at radius 1 is 1.16 bits per heavy atom. The van der Waals surface area contributed by atoms with E-state index >= 15 is 0 Å². The Labute approximate surface area is 284 Å². The number of aryl methyl sites for hydroxylation is 1. The zero-order valence-electron chi connectivity index (χ0n) is 27.5. The van der Waals surface area contributed by atoms with Crippen LogP contribution in [-0.4, -0.2) is 95.3 Å². The number of pyridine rings is 1. The van der Waals surface area contributed by atoms with Crippen LogP contribution in [0.2, 0.25) is 0 Å². The van der Waals surface area contributed by atoms with E-state index in [1.54, 1.807) is 19.2 Å². The average molecular weight is 693 g/mol. The molecule has 0 spiro atoms. The van der Waals surface area contributed by atoms with Crippen LogP contribution in [0.1, 0.15) is 57.4 Å². The van der Waals surface area contributed by atoms with Crippen LogP contribution in [0, 0.1) is 24.2 Å². The van der Waals surface area contributed by atoms with E-state index < -0.39 is 74.3 Å². The van der Waals surface area contributed by atoms with Crippen LogP contribution >= 0.6 is 0 Å². The Hall–Kier alpha value is -4.33. The number of fused-ring (bicyclic) bond motifs is 3. The van der Waals surface area contributed by atoms with Gasteiger partial charge < -0.3 is 19.3 Å². The topological polar surface area (TPSA) is 169 Å². The summed E-state index contributed by atoms with van der Waals surface area (Å²) in [6.07, 6.45) is 3.58. The van der Waals surface area contributed by atoms with Crippen molar-refractivity contribution in [1.82, 2.24) is 19.5 Å². The fraction of sp³-hybridized carbons (Fsp3) is 0.543. The lowest BCUT2D eigenvalue weighted by atomic mass is 9.91. The predicted molar refractivity (Wildman–Crippen MR) is 175 cm³/mol. The lowest BCUT2D eigenvalue weighted by Gasteiger charge is -2.29. The summed E-state index contributed by atoms with van der Waals surface area (Å²) in [5, 5.41) is 1.09. The van der Waals surface area contributed by atoms with Gasteiger partial charge in [-0.2, -0.15) is 0 Å². The van der Waals surface area contributed by atoms with Crippen LogP contribution < -0.4 is 9.46 Å². The fourth-order valence-corrected chi connectivity index (χ4v) is 9.02. The number of aromatic nitrogens is 1. The van der Waals surface area contributed by atoms with Crippen LogP contribution in [-0.2, 0) is 38.7 Å². The highest BCUT2D eigenvalue weighted by Crippen LogP contribution is 2.57. The molecule has 3 aliphatic heterocycles. The van der Waals surface area contributed by atoms with E-state index in [1.807, 2.05) is 31.2 Å². The summed E-state index contributed by atoms with van der Waals surface area (Å²) >= 11 is 0. The SMILES string of the molecule is C=C[C@@H]1C[C@]1(CC(=O)C1CC(Oc2nccc3cc(C)ccc23)CN1C(=O)[C@@H](C)CC(=O)N1C[C@@H]2C[C@@H]1C(=O)O2)C(=O)NS(=O)(=O)C1CC1. The van der Waals surface area contributed by atoms with Gasteiger partial charge in [0, 0.05) is 43.2 Å². The summed E-state index contributed by atoms with van der Waals surface area (Å²) in [7, 11) is -3.84. The fourth-order valence-electron chi connectivity index (χ4n) is 7.64. The summed E-state index contributed by atoms with van der Waals surface area (Å²) in [4.78, 5) is 74.3. The first-order valence-corrected chi connectivity index (χ1v) is 18.4. The molecule has 2 aliphatic carbocycles. The maximum atomic E-state index is 14.2. The molecule has 7 rings (SSSR count). The van der Waals surface area contributed by atoms with E-state index in [9.17, 15) is 32.4 Å². The van der Waals surface area contributed by atoms with E-state index in [1.165, 1.54) is 9.80 Å². The van der Waals surface area contributed by atoms with E-state index in [2.05, 4.69) is 16.3 Å². The van der Waals surface area contributed by atoms with Crippen molar-refractivity contribution in [2.75, 3.05) is 13.1 Å². The van der Waals surface area contributed by atoms with Crippen LogP contribution in [0.25, 0.3) is 10.8 Å².